The summed E-state index contributed by atoms with van der Waals surface area (Å²) < 4.78 is 101. The highest BCUT2D eigenvalue weighted by molar-refractivity contribution is 6.99. The molecule has 5 aromatic rings. The van der Waals surface area contributed by atoms with Gasteiger partial charge < -0.3 is 19.4 Å². The minimum atomic E-state index is -3.50. The zero-order chi connectivity index (χ0) is 40.9. The van der Waals surface area contributed by atoms with Crippen LogP contribution in [0.5, 0.6) is 0 Å². The fraction of sp³-hybridized carbons (Fsp3) is 0.422. The van der Waals surface area contributed by atoms with E-state index >= 15 is 17.6 Å². The van der Waals surface area contributed by atoms with Crippen molar-refractivity contribution in [1.29, 1.82) is 0 Å². The number of alkyl halides is 3. The smallest absolute Gasteiger partial charge is 0.282 e. The van der Waals surface area contributed by atoms with E-state index in [1.54, 1.807) is 6.92 Å². The summed E-state index contributed by atoms with van der Waals surface area (Å²) in [5.41, 5.74) is -0.614. The number of hydrogen-bond donors (Lipinski definition) is 2. The van der Waals surface area contributed by atoms with Crippen LogP contribution in [0.3, 0.4) is 0 Å². The highest BCUT2D eigenvalue weighted by Gasteiger charge is 2.53. The zero-order valence-corrected chi connectivity index (χ0v) is 34.1. The molecule has 0 spiro atoms. The summed E-state index contributed by atoms with van der Waals surface area (Å²) in [7, 11) is -3.37. The Morgan fingerprint density at radius 3 is 2.02 bits per heavy atom. The van der Waals surface area contributed by atoms with Crippen LogP contribution in [0.25, 0.3) is 10.9 Å². The van der Waals surface area contributed by atoms with E-state index in [0.717, 1.165) is 22.5 Å². The lowest BCUT2D eigenvalue weighted by Gasteiger charge is -2.47. The zero-order valence-electron chi connectivity index (χ0n) is 33.1. The van der Waals surface area contributed by atoms with E-state index in [2.05, 4.69) is 4.98 Å². The number of fused-ring (bicyclic) bond motifs is 3. The molecule has 0 amide bonds. The van der Waals surface area contributed by atoms with Gasteiger partial charge in [-0.25, -0.2) is 22.0 Å². The number of aromatic nitrogens is 1. The predicted molar refractivity (Wildman–Crippen MR) is 215 cm³/mol. The maximum absolute atomic E-state index is 16.9. The maximum atomic E-state index is 16.9. The van der Waals surface area contributed by atoms with Crippen LogP contribution in [-0.2, 0) is 16.4 Å². The van der Waals surface area contributed by atoms with Crippen molar-refractivity contribution in [2.24, 2.45) is 5.92 Å². The Hall–Kier alpha value is -3.94. The molecular weight excluding hydrogens is 757 g/mol. The number of hydrogen-bond acceptors (Lipinski definition) is 4. The molecule has 1 aromatic heterocycles. The van der Waals surface area contributed by atoms with Crippen LogP contribution in [0.2, 0.25) is 5.04 Å². The van der Waals surface area contributed by atoms with Crippen molar-refractivity contribution < 1.29 is 35.9 Å². The van der Waals surface area contributed by atoms with Gasteiger partial charge in [-0.1, -0.05) is 81.4 Å². The number of nitrogens with one attached hydrogen (secondary N) is 1. The Morgan fingerprint density at radius 2 is 1.46 bits per heavy atom. The summed E-state index contributed by atoms with van der Waals surface area (Å²) in [5.74, 6) is -6.33. The first-order chi connectivity index (χ1) is 27.0. The van der Waals surface area contributed by atoms with E-state index in [0.29, 0.717) is 48.2 Å². The Morgan fingerprint density at radius 1 is 0.860 bits per heavy atom. The van der Waals surface area contributed by atoms with Crippen LogP contribution in [0.1, 0.15) is 69.5 Å². The Bertz CT molecular complexity index is 2120. The first-order valence-electron chi connectivity index (χ1n) is 19.7. The monoisotopic (exact) mass is 807 g/mol. The maximum Gasteiger partial charge on any atom is 0.282 e. The number of aliphatic hydroxyl groups is 1. The van der Waals surface area contributed by atoms with E-state index < -0.39 is 79.8 Å². The van der Waals surface area contributed by atoms with Crippen molar-refractivity contribution in [2.45, 2.75) is 76.1 Å². The molecule has 2 N–H and O–H groups in total. The molecule has 5 nitrogen and oxygen atoms in total. The molecule has 0 saturated carbocycles. The van der Waals surface area contributed by atoms with Gasteiger partial charge in [-0.2, -0.15) is 0 Å². The standard InChI is InChI=1S/C45H51F6N3O2Si/c1-29-21-36-35-24-32(47)17-18-39(35)52-41(36)42(40-37(48)22-30(23-38(40)49)44(5,55)31-25-53(26-31)20-12-19-46)54(29)27-45(50,51)28-56-57(43(2,3)4,33-13-8-6-9-14-33)34-15-10-7-11-16-34/h6-11,13-18,22-24,29,31,42,52,55H,12,19-21,25-28H2,1-5H3/t29-,42-,44?/m1/s1. The van der Waals surface area contributed by atoms with Gasteiger partial charge in [0.25, 0.3) is 14.2 Å². The quantitative estimate of drug-likeness (QED) is 0.0925. The second-order valence-corrected chi connectivity index (χ2v) is 21.4. The molecule has 1 unspecified atom stereocenters. The Labute approximate surface area is 331 Å². The number of aromatic amines is 1. The van der Waals surface area contributed by atoms with Crippen LogP contribution in [0, 0.1) is 23.4 Å². The van der Waals surface area contributed by atoms with Gasteiger partial charge >= 0.3 is 0 Å². The average molecular weight is 808 g/mol. The SMILES string of the molecule is C[C@@H]1Cc2c([nH]c3ccc(F)cc23)[C@@H](c2c(F)cc(C(C)(O)C3CN(CCCF)C3)cc2F)N1CC(F)(F)CO[Si](c1ccccc1)(c1ccccc1)C(C)(C)C. The molecular formula is C45H51F6N3O2Si. The van der Waals surface area contributed by atoms with Crippen LogP contribution in [0.15, 0.2) is 91.0 Å². The van der Waals surface area contributed by atoms with Crippen molar-refractivity contribution in [3.63, 3.8) is 0 Å². The number of rotatable bonds is 13. The molecule has 3 heterocycles. The van der Waals surface area contributed by atoms with E-state index in [-0.39, 0.29) is 17.9 Å². The van der Waals surface area contributed by atoms with Gasteiger partial charge in [0, 0.05) is 53.8 Å². The molecule has 7 rings (SSSR count). The van der Waals surface area contributed by atoms with Crippen molar-refractivity contribution in [2.75, 3.05) is 39.5 Å². The molecule has 1 fully saturated rings. The molecule has 0 bridgehead atoms. The molecule has 12 heteroatoms. The van der Waals surface area contributed by atoms with Gasteiger partial charge in [-0.05, 0) is 83.6 Å². The van der Waals surface area contributed by atoms with Crippen LogP contribution < -0.4 is 10.4 Å². The predicted octanol–water partition coefficient (Wildman–Crippen LogP) is 8.63. The summed E-state index contributed by atoms with van der Waals surface area (Å²) in [4.78, 5) is 6.60. The lowest BCUT2D eigenvalue weighted by Crippen LogP contribution is -2.67. The molecule has 57 heavy (non-hydrogen) atoms. The minimum Gasteiger partial charge on any atom is -0.401 e. The van der Waals surface area contributed by atoms with Crippen LogP contribution in [-0.4, -0.2) is 79.6 Å². The Balaban J connectivity index is 1.26. The van der Waals surface area contributed by atoms with E-state index in [4.69, 9.17) is 4.43 Å². The van der Waals surface area contributed by atoms with E-state index in [1.165, 1.54) is 30.0 Å². The molecule has 2 aliphatic rings. The second kappa shape index (κ2) is 15.7. The first-order valence-corrected chi connectivity index (χ1v) is 21.6. The van der Waals surface area contributed by atoms with Crippen molar-refractivity contribution >= 4 is 29.6 Å². The summed E-state index contributed by atoms with van der Waals surface area (Å²) in [6.07, 6.45) is 0.577. The molecule has 4 aromatic carbocycles. The van der Waals surface area contributed by atoms with Gasteiger partial charge in [0.15, 0.2) is 0 Å². The van der Waals surface area contributed by atoms with Gasteiger partial charge in [0.2, 0.25) is 0 Å². The summed E-state index contributed by atoms with van der Waals surface area (Å²) in [6.45, 7) is 8.33. The largest absolute Gasteiger partial charge is 0.401 e. The summed E-state index contributed by atoms with van der Waals surface area (Å²) in [6, 6.07) is 23.3. The molecule has 0 radical (unpaired) electrons. The molecule has 2 aliphatic heterocycles. The van der Waals surface area contributed by atoms with Crippen LogP contribution >= 0.6 is 0 Å². The molecule has 304 valence electrons. The fourth-order valence-electron chi connectivity index (χ4n) is 9.14. The van der Waals surface area contributed by atoms with Gasteiger partial charge in [0.05, 0.1) is 31.5 Å². The third-order valence-electron chi connectivity index (χ3n) is 12.2. The number of H-pyrrole nitrogens is 1. The third kappa shape index (κ3) is 7.71. The first kappa shape index (κ1) is 41.2. The number of benzene rings is 4. The number of nitrogens with zero attached hydrogens (tertiary/aromatic N) is 2. The van der Waals surface area contributed by atoms with Crippen LogP contribution in [0.4, 0.5) is 26.3 Å². The van der Waals surface area contributed by atoms with E-state index in [1.807, 2.05) is 86.3 Å². The highest BCUT2D eigenvalue weighted by atomic mass is 28.4. The summed E-state index contributed by atoms with van der Waals surface area (Å²) in [5, 5.41) is 13.2. The van der Waals surface area contributed by atoms with Gasteiger partial charge in [-0.15, -0.1) is 0 Å². The number of likely N-dealkylation sites (tertiary alicyclic amines) is 1. The second-order valence-electron chi connectivity index (χ2n) is 17.1. The van der Waals surface area contributed by atoms with Gasteiger partial charge in [0.1, 0.15) is 17.5 Å². The molecule has 3 atom stereocenters. The summed E-state index contributed by atoms with van der Waals surface area (Å²) >= 11 is 0. The third-order valence-corrected chi connectivity index (χ3v) is 17.2. The lowest BCUT2D eigenvalue weighted by molar-refractivity contribution is -0.0828. The molecule has 0 aliphatic carbocycles. The lowest BCUT2D eigenvalue weighted by atomic mass is 9.77. The normalized spacial score (nSPS) is 19.7. The number of halogens is 6. The topological polar surface area (TPSA) is 51.7 Å². The van der Waals surface area contributed by atoms with Crippen molar-refractivity contribution in [1.82, 2.24) is 14.8 Å². The molecule has 1 saturated heterocycles. The minimum absolute atomic E-state index is 0.0229. The van der Waals surface area contributed by atoms with Crippen molar-refractivity contribution in [3.05, 3.63) is 131 Å². The fourth-order valence-corrected chi connectivity index (χ4v) is 13.7. The van der Waals surface area contributed by atoms with Gasteiger partial charge in [-0.3, -0.25) is 9.29 Å². The highest BCUT2D eigenvalue weighted by Crippen LogP contribution is 2.46. The van der Waals surface area contributed by atoms with E-state index in [9.17, 15) is 13.9 Å². The average Bonchev–Trinajstić information content (AvgIpc) is 3.49. The Kier molecular flexibility index (Phi) is 11.3. The van der Waals surface area contributed by atoms with Crippen molar-refractivity contribution in [3.8, 4) is 0 Å².